The number of aromatic amines is 1. The first-order valence-corrected chi connectivity index (χ1v) is 15.7. The van der Waals surface area contributed by atoms with E-state index in [0.29, 0.717) is 12.6 Å². The summed E-state index contributed by atoms with van der Waals surface area (Å²) < 4.78 is 14.4. The fourth-order valence-corrected chi connectivity index (χ4v) is 6.88. The van der Waals surface area contributed by atoms with E-state index in [9.17, 15) is 4.79 Å². The van der Waals surface area contributed by atoms with Gasteiger partial charge in [-0.05, 0) is 49.3 Å². The molecule has 3 aliphatic carbocycles. The molecule has 0 amide bonds. The fourth-order valence-electron chi connectivity index (χ4n) is 5.08. The highest BCUT2D eigenvalue weighted by molar-refractivity contribution is 7.22. The lowest BCUT2D eigenvalue weighted by Crippen LogP contribution is -2.41. The van der Waals surface area contributed by atoms with E-state index in [1.807, 2.05) is 17.1 Å². The Balaban J connectivity index is 1.44. The Hall–Kier alpha value is -1.74. The molecular weight excluding hydrogens is 426 g/mol. The van der Waals surface area contributed by atoms with Crippen LogP contribution in [-0.2, 0) is 21.8 Å². The van der Waals surface area contributed by atoms with Crippen LogP contribution in [0.4, 0.5) is 0 Å². The van der Waals surface area contributed by atoms with Crippen molar-refractivity contribution in [3.05, 3.63) is 40.1 Å². The van der Waals surface area contributed by atoms with Crippen LogP contribution in [-0.4, -0.2) is 36.6 Å². The first-order valence-electron chi connectivity index (χ1n) is 11.2. The standard InChI is InChI=1S/C23H31N3O3SSi/c1-28-23-7-5-15(6-8-23)19-17-11-18(30-20(17)22(27)25-21(19)23)16-12-24-26(13-16)14-29-9-10-31(2,3)4/h11-13,15H,5-10,14H2,1-4H3,(H,25,27). The van der Waals surface area contributed by atoms with E-state index in [4.69, 9.17) is 9.47 Å². The molecule has 0 spiro atoms. The molecule has 166 valence electrons. The number of H-pyrrole nitrogens is 1. The Kier molecular flexibility index (Phi) is 5.24. The molecule has 1 N–H and O–H groups in total. The number of pyridine rings is 1. The van der Waals surface area contributed by atoms with Gasteiger partial charge in [0.2, 0.25) is 0 Å². The summed E-state index contributed by atoms with van der Waals surface area (Å²) >= 11 is 1.56. The quantitative estimate of drug-likeness (QED) is 0.387. The summed E-state index contributed by atoms with van der Waals surface area (Å²) in [5.41, 5.74) is 3.03. The van der Waals surface area contributed by atoms with Crippen LogP contribution >= 0.6 is 11.3 Å². The van der Waals surface area contributed by atoms with Crippen LogP contribution in [0.1, 0.15) is 42.9 Å². The lowest BCUT2D eigenvalue weighted by atomic mass is 9.65. The summed E-state index contributed by atoms with van der Waals surface area (Å²) in [5, 5.41) is 5.57. The molecule has 0 atom stereocenters. The van der Waals surface area contributed by atoms with Gasteiger partial charge in [0.05, 0.1) is 11.9 Å². The number of methoxy groups -OCH3 is 1. The normalized spacial score (nSPS) is 22.9. The molecule has 2 bridgehead atoms. The molecule has 1 fully saturated rings. The second kappa shape index (κ2) is 7.69. The highest BCUT2D eigenvalue weighted by Crippen LogP contribution is 2.54. The van der Waals surface area contributed by atoms with Crippen molar-refractivity contribution < 1.29 is 9.47 Å². The zero-order valence-electron chi connectivity index (χ0n) is 18.8. The summed E-state index contributed by atoms with van der Waals surface area (Å²) in [7, 11) is 0.687. The van der Waals surface area contributed by atoms with Crippen LogP contribution in [0.15, 0.2) is 23.3 Å². The van der Waals surface area contributed by atoms with Crippen molar-refractivity contribution in [2.75, 3.05) is 13.7 Å². The molecule has 0 aliphatic heterocycles. The Morgan fingerprint density at radius 2 is 2.10 bits per heavy atom. The van der Waals surface area contributed by atoms with Gasteiger partial charge in [-0.15, -0.1) is 11.3 Å². The Morgan fingerprint density at radius 1 is 1.32 bits per heavy atom. The average Bonchev–Trinajstić information content (AvgIpc) is 3.39. The number of nitrogens with one attached hydrogen (secondary N) is 1. The molecule has 0 aromatic carbocycles. The molecule has 31 heavy (non-hydrogen) atoms. The maximum atomic E-state index is 13.0. The summed E-state index contributed by atoms with van der Waals surface area (Å²) in [6.45, 7) is 8.29. The van der Waals surface area contributed by atoms with E-state index in [1.165, 1.54) is 5.56 Å². The van der Waals surface area contributed by atoms with Gasteiger partial charge in [0.1, 0.15) is 17.0 Å². The maximum Gasteiger partial charge on any atom is 0.266 e. The van der Waals surface area contributed by atoms with Crippen molar-refractivity contribution >= 4 is 29.5 Å². The minimum atomic E-state index is -1.09. The van der Waals surface area contributed by atoms with E-state index in [-0.39, 0.29) is 11.2 Å². The minimum absolute atomic E-state index is 0.00366. The van der Waals surface area contributed by atoms with Gasteiger partial charge in [0, 0.05) is 43.8 Å². The van der Waals surface area contributed by atoms with Gasteiger partial charge < -0.3 is 14.5 Å². The lowest BCUT2D eigenvalue weighted by molar-refractivity contribution is -0.0631. The molecule has 8 heteroatoms. The van der Waals surface area contributed by atoms with E-state index in [0.717, 1.165) is 64.6 Å². The SMILES string of the molecule is COC12CCC(CC1)c1c2[nH]c(=O)c2sc(-c3cnn(COCC[Si](C)(C)C)c3)cc12. The molecule has 0 saturated heterocycles. The van der Waals surface area contributed by atoms with Gasteiger partial charge >= 0.3 is 0 Å². The second-order valence-corrected chi connectivity index (χ2v) is 16.9. The number of fused-ring (bicyclic) bond motifs is 3. The predicted molar refractivity (Wildman–Crippen MR) is 128 cm³/mol. The van der Waals surface area contributed by atoms with Gasteiger partial charge in [-0.3, -0.25) is 4.79 Å². The third-order valence-corrected chi connectivity index (χ3v) is 9.81. The van der Waals surface area contributed by atoms with Gasteiger partial charge in [-0.2, -0.15) is 5.10 Å². The van der Waals surface area contributed by atoms with Crippen LogP contribution in [0.3, 0.4) is 0 Å². The molecule has 6 nitrogen and oxygen atoms in total. The third kappa shape index (κ3) is 3.73. The molecule has 3 aromatic heterocycles. The van der Waals surface area contributed by atoms with Crippen molar-refractivity contribution in [1.29, 1.82) is 0 Å². The average molecular weight is 458 g/mol. The van der Waals surface area contributed by atoms with Crippen LogP contribution < -0.4 is 5.56 Å². The maximum absolute atomic E-state index is 13.0. The van der Waals surface area contributed by atoms with E-state index >= 15 is 0 Å². The molecule has 3 aliphatic rings. The topological polar surface area (TPSA) is 69.1 Å². The molecular formula is C23H31N3O3SSi. The van der Waals surface area contributed by atoms with E-state index < -0.39 is 8.07 Å². The molecule has 0 radical (unpaired) electrons. The number of ether oxygens (including phenoxy) is 2. The van der Waals surface area contributed by atoms with Crippen molar-refractivity contribution in [3.63, 3.8) is 0 Å². The van der Waals surface area contributed by atoms with Crippen LogP contribution in [0.2, 0.25) is 25.7 Å². The first-order chi connectivity index (χ1) is 14.8. The predicted octanol–water partition coefficient (Wildman–Crippen LogP) is 5.28. The Bertz CT molecular complexity index is 1170. The summed E-state index contributed by atoms with van der Waals surface area (Å²) in [5.74, 6) is 0.510. The minimum Gasteiger partial charge on any atom is -0.372 e. The third-order valence-electron chi connectivity index (χ3n) is 6.92. The molecule has 1 saturated carbocycles. The van der Waals surface area contributed by atoms with Crippen LogP contribution in [0.5, 0.6) is 0 Å². The Morgan fingerprint density at radius 3 is 2.81 bits per heavy atom. The number of rotatable bonds is 7. The van der Waals surface area contributed by atoms with Crippen LogP contribution in [0.25, 0.3) is 20.5 Å². The number of hydrogen-bond acceptors (Lipinski definition) is 5. The van der Waals surface area contributed by atoms with Crippen LogP contribution in [0, 0.1) is 0 Å². The number of nitrogens with zero attached hydrogens (tertiary/aromatic N) is 2. The van der Waals surface area contributed by atoms with Crippen molar-refractivity contribution in [2.24, 2.45) is 0 Å². The van der Waals surface area contributed by atoms with E-state index in [2.05, 4.69) is 35.8 Å². The highest BCUT2D eigenvalue weighted by Gasteiger charge is 2.47. The van der Waals surface area contributed by atoms with Crippen molar-refractivity contribution in [1.82, 2.24) is 14.8 Å². The molecule has 3 heterocycles. The first kappa shape index (κ1) is 21.1. The zero-order valence-corrected chi connectivity index (χ0v) is 20.6. The number of thiophene rings is 1. The van der Waals surface area contributed by atoms with Gasteiger partial charge in [-0.1, -0.05) is 19.6 Å². The summed E-state index contributed by atoms with van der Waals surface area (Å²) in [6.07, 6.45) is 8.12. The zero-order chi connectivity index (χ0) is 21.8. The largest absolute Gasteiger partial charge is 0.372 e. The van der Waals surface area contributed by atoms with Crippen molar-refractivity contribution in [2.45, 2.75) is 69.6 Å². The summed E-state index contributed by atoms with van der Waals surface area (Å²) in [4.78, 5) is 17.2. The highest BCUT2D eigenvalue weighted by atomic mass is 32.1. The fraction of sp³-hybridized carbons (Fsp3) is 0.565. The molecule has 3 aromatic rings. The number of aromatic nitrogens is 3. The van der Waals surface area contributed by atoms with Crippen molar-refractivity contribution in [3.8, 4) is 10.4 Å². The van der Waals surface area contributed by atoms with Gasteiger partial charge in [0.15, 0.2) is 0 Å². The smallest absolute Gasteiger partial charge is 0.266 e. The van der Waals surface area contributed by atoms with Gasteiger partial charge in [0.25, 0.3) is 5.56 Å². The number of hydrogen-bond donors (Lipinski definition) is 1. The molecule has 0 unspecified atom stereocenters. The van der Waals surface area contributed by atoms with Gasteiger partial charge in [-0.25, -0.2) is 4.68 Å². The molecule has 6 rings (SSSR count). The van der Waals surface area contributed by atoms with E-state index in [1.54, 1.807) is 18.4 Å². The summed E-state index contributed by atoms with van der Waals surface area (Å²) in [6, 6.07) is 3.33. The monoisotopic (exact) mass is 457 g/mol. The second-order valence-electron chi connectivity index (χ2n) is 10.2. The lowest BCUT2D eigenvalue weighted by Gasteiger charge is -2.46. The Labute approximate surface area is 187 Å².